The van der Waals surface area contributed by atoms with Crippen molar-refractivity contribution in [2.45, 2.75) is 19.9 Å². The molecule has 0 radical (unpaired) electrons. The third-order valence-corrected chi connectivity index (χ3v) is 4.68. The summed E-state index contributed by atoms with van der Waals surface area (Å²) in [6, 6.07) is 18.2. The van der Waals surface area contributed by atoms with Crippen molar-refractivity contribution in [3.8, 4) is 0 Å². The molecule has 4 heteroatoms. The summed E-state index contributed by atoms with van der Waals surface area (Å²) in [6.07, 6.45) is 0. The SMILES string of the molecule is Cc1ccc([C@@H](NC(=O)N(C)CC2(C)COC2)c2ccccc2)cc1. The molecule has 3 rings (SSSR count). The molecule has 1 atom stereocenters. The third kappa shape index (κ3) is 4.20. The zero-order chi connectivity index (χ0) is 17.9. The van der Waals surface area contributed by atoms with Gasteiger partial charge < -0.3 is 15.0 Å². The van der Waals surface area contributed by atoms with Gasteiger partial charge in [-0.25, -0.2) is 4.79 Å². The molecule has 1 heterocycles. The number of hydrogen-bond acceptors (Lipinski definition) is 2. The quantitative estimate of drug-likeness (QED) is 0.902. The molecule has 2 amide bonds. The van der Waals surface area contributed by atoms with Crippen molar-refractivity contribution in [3.05, 3.63) is 71.3 Å². The summed E-state index contributed by atoms with van der Waals surface area (Å²) in [4.78, 5) is 14.5. The van der Waals surface area contributed by atoms with E-state index >= 15 is 0 Å². The maximum absolute atomic E-state index is 12.8. The van der Waals surface area contributed by atoms with E-state index in [0.29, 0.717) is 19.8 Å². The molecule has 1 N–H and O–H groups in total. The van der Waals surface area contributed by atoms with Gasteiger partial charge in [0.1, 0.15) is 0 Å². The lowest BCUT2D eigenvalue weighted by Gasteiger charge is -2.41. The van der Waals surface area contributed by atoms with Gasteiger partial charge in [-0.05, 0) is 18.1 Å². The second kappa shape index (κ2) is 7.28. The zero-order valence-electron chi connectivity index (χ0n) is 15.2. The van der Waals surface area contributed by atoms with Crippen LogP contribution in [-0.2, 0) is 4.74 Å². The summed E-state index contributed by atoms with van der Waals surface area (Å²) in [5.41, 5.74) is 3.43. The lowest BCUT2D eigenvalue weighted by Crippen LogP contribution is -2.51. The van der Waals surface area contributed by atoms with Crippen LogP contribution in [-0.4, -0.2) is 37.7 Å². The van der Waals surface area contributed by atoms with E-state index in [1.54, 1.807) is 4.90 Å². The van der Waals surface area contributed by atoms with Crippen LogP contribution in [0, 0.1) is 12.3 Å². The number of hydrogen-bond donors (Lipinski definition) is 1. The van der Waals surface area contributed by atoms with Crippen molar-refractivity contribution in [1.82, 2.24) is 10.2 Å². The van der Waals surface area contributed by atoms with Gasteiger partial charge in [0, 0.05) is 19.0 Å². The zero-order valence-corrected chi connectivity index (χ0v) is 15.2. The molecule has 1 saturated heterocycles. The Labute approximate surface area is 149 Å². The molecular formula is C21H26N2O2. The molecule has 132 valence electrons. The van der Waals surface area contributed by atoms with E-state index in [1.165, 1.54) is 5.56 Å². The predicted octanol–water partition coefficient (Wildman–Crippen LogP) is 3.76. The third-order valence-electron chi connectivity index (χ3n) is 4.68. The van der Waals surface area contributed by atoms with Gasteiger partial charge in [0.2, 0.25) is 0 Å². The van der Waals surface area contributed by atoms with E-state index < -0.39 is 0 Å². The monoisotopic (exact) mass is 338 g/mol. The number of carbonyl (C=O) groups excluding carboxylic acids is 1. The Hall–Kier alpha value is -2.33. The second-order valence-electron chi connectivity index (χ2n) is 7.36. The van der Waals surface area contributed by atoms with Crippen molar-refractivity contribution >= 4 is 6.03 Å². The molecule has 1 fully saturated rings. The van der Waals surface area contributed by atoms with E-state index in [2.05, 4.69) is 43.4 Å². The highest BCUT2D eigenvalue weighted by atomic mass is 16.5. The fraction of sp³-hybridized carbons (Fsp3) is 0.381. The highest BCUT2D eigenvalue weighted by Crippen LogP contribution is 2.28. The molecule has 2 aromatic carbocycles. The number of carbonyl (C=O) groups is 1. The molecule has 0 aromatic heterocycles. The number of nitrogens with one attached hydrogen (secondary N) is 1. The van der Waals surface area contributed by atoms with Gasteiger partial charge in [0.05, 0.1) is 19.3 Å². The van der Waals surface area contributed by atoms with Crippen molar-refractivity contribution in [3.63, 3.8) is 0 Å². The molecule has 0 aliphatic carbocycles. The minimum atomic E-state index is -0.165. The first-order valence-corrected chi connectivity index (χ1v) is 8.68. The summed E-state index contributed by atoms with van der Waals surface area (Å²) in [5.74, 6) is 0. The number of nitrogens with zero attached hydrogens (tertiary/aromatic N) is 1. The smallest absolute Gasteiger partial charge is 0.317 e. The molecule has 0 saturated carbocycles. The number of urea groups is 1. The predicted molar refractivity (Wildman–Crippen MR) is 99.6 cm³/mol. The number of rotatable bonds is 5. The average Bonchev–Trinajstić information content (AvgIpc) is 2.59. The van der Waals surface area contributed by atoms with Crippen LogP contribution >= 0.6 is 0 Å². The van der Waals surface area contributed by atoms with Gasteiger partial charge in [0.25, 0.3) is 0 Å². The molecule has 2 aromatic rings. The summed E-state index contributed by atoms with van der Waals surface area (Å²) in [6.45, 7) is 6.33. The van der Waals surface area contributed by atoms with Gasteiger partial charge in [0.15, 0.2) is 0 Å². The van der Waals surface area contributed by atoms with Crippen LogP contribution in [0.5, 0.6) is 0 Å². The van der Waals surface area contributed by atoms with Crippen molar-refractivity contribution in [2.24, 2.45) is 5.41 Å². The maximum Gasteiger partial charge on any atom is 0.317 e. The first-order chi connectivity index (χ1) is 12.0. The minimum Gasteiger partial charge on any atom is -0.380 e. The molecule has 1 aliphatic heterocycles. The highest BCUT2D eigenvalue weighted by molar-refractivity contribution is 5.75. The van der Waals surface area contributed by atoms with Crippen molar-refractivity contribution in [2.75, 3.05) is 26.8 Å². The first-order valence-electron chi connectivity index (χ1n) is 8.68. The Kier molecular flexibility index (Phi) is 5.09. The van der Waals surface area contributed by atoms with Crippen molar-refractivity contribution < 1.29 is 9.53 Å². The van der Waals surface area contributed by atoms with Crippen LogP contribution in [0.3, 0.4) is 0 Å². The van der Waals surface area contributed by atoms with E-state index in [4.69, 9.17) is 4.74 Å². The minimum absolute atomic E-state index is 0.0671. The van der Waals surface area contributed by atoms with E-state index in [-0.39, 0.29) is 17.5 Å². The summed E-state index contributed by atoms with van der Waals surface area (Å²) < 4.78 is 5.29. The number of amides is 2. The van der Waals surface area contributed by atoms with Crippen LogP contribution in [0.2, 0.25) is 0 Å². The fourth-order valence-electron chi connectivity index (χ4n) is 3.18. The summed E-state index contributed by atoms with van der Waals surface area (Å²) in [7, 11) is 1.84. The van der Waals surface area contributed by atoms with E-state index in [9.17, 15) is 4.79 Å². The largest absolute Gasteiger partial charge is 0.380 e. The molecule has 0 unspecified atom stereocenters. The lowest BCUT2D eigenvalue weighted by atomic mass is 9.88. The van der Waals surface area contributed by atoms with Crippen molar-refractivity contribution in [1.29, 1.82) is 0 Å². The van der Waals surface area contributed by atoms with Crippen LogP contribution in [0.25, 0.3) is 0 Å². The summed E-state index contributed by atoms with van der Waals surface area (Å²) >= 11 is 0. The molecule has 0 spiro atoms. The van der Waals surface area contributed by atoms with Gasteiger partial charge in [-0.1, -0.05) is 67.1 Å². The fourth-order valence-corrected chi connectivity index (χ4v) is 3.18. The number of ether oxygens (including phenoxy) is 1. The maximum atomic E-state index is 12.8. The van der Waals surface area contributed by atoms with Gasteiger partial charge >= 0.3 is 6.03 Å². The number of aryl methyl sites for hydroxylation is 1. The Morgan fingerprint density at radius 2 is 1.72 bits per heavy atom. The highest BCUT2D eigenvalue weighted by Gasteiger charge is 2.35. The Morgan fingerprint density at radius 3 is 2.28 bits per heavy atom. The van der Waals surface area contributed by atoms with Crippen LogP contribution in [0.4, 0.5) is 4.79 Å². The second-order valence-corrected chi connectivity index (χ2v) is 7.36. The average molecular weight is 338 g/mol. The van der Waals surface area contributed by atoms with Crippen LogP contribution < -0.4 is 5.32 Å². The Morgan fingerprint density at radius 1 is 1.12 bits per heavy atom. The molecule has 1 aliphatic rings. The van der Waals surface area contributed by atoms with Gasteiger partial charge in [-0.15, -0.1) is 0 Å². The molecular weight excluding hydrogens is 312 g/mol. The molecule has 4 nitrogen and oxygen atoms in total. The van der Waals surface area contributed by atoms with Gasteiger partial charge in [-0.3, -0.25) is 0 Å². The normalized spacial score (nSPS) is 16.6. The van der Waals surface area contributed by atoms with E-state index in [1.807, 2.05) is 37.4 Å². The van der Waals surface area contributed by atoms with Gasteiger partial charge in [-0.2, -0.15) is 0 Å². The standard InChI is InChI=1S/C21H26N2O2/c1-16-9-11-18(12-10-16)19(17-7-5-4-6-8-17)22-20(24)23(3)13-21(2)14-25-15-21/h4-12,19H,13-15H2,1-3H3,(H,22,24)/t19-/m0/s1. The summed E-state index contributed by atoms with van der Waals surface area (Å²) in [5, 5.41) is 3.19. The number of benzene rings is 2. The molecule has 0 bridgehead atoms. The molecule has 25 heavy (non-hydrogen) atoms. The van der Waals surface area contributed by atoms with E-state index in [0.717, 1.165) is 11.1 Å². The van der Waals surface area contributed by atoms with Crippen LogP contribution in [0.1, 0.15) is 29.7 Å². The lowest BCUT2D eigenvalue weighted by molar-refractivity contribution is -0.108. The first kappa shape index (κ1) is 17.5. The Balaban J connectivity index is 1.77. The Bertz CT molecular complexity index is 708. The van der Waals surface area contributed by atoms with Crippen LogP contribution in [0.15, 0.2) is 54.6 Å². The topological polar surface area (TPSA) is 41.6 Å².